The van der Waals surface area contributed by atoms with Gasteiger partial charge in [-0.15, -0.1) is 11.3 Å². The first-order valence-electron chi connectivity index (χ1n) is 5.85. The zero-order valence-corrected chi connectivity index (χ0v) is 11.8. The first-order chi connectivity index (χ1) is 8.04. The summed E-state index contributed by atoms with van der Waals surface area (Å²) in [6.45, 7) is 2.66. The third-order valence-electron chi connectivity index (χ3n) is 3.07. The van der Waals surface area contributed by atoms with Gasteiger partial charge in [0, 0.05) is 30.6 Å². The number of hydrogen-bond donors (Lipinski definition) is 1. The quantitative estimate of drug-likeness (QED) is 0.909. The van der Waals surface area contributed by atoms with Crippen LogP contribution in [0.15, 0.2) is 12.1 Å². The Morgan fingerprint density at radius 2 is 2.29 bits per heavy atom. The van der Waals surface area contributed by atoms with Crippen LogP contribution >= 0.6 is 22.9 Å². The van der Waals surface area contributed by atoms with Crippen molar-refractivity contribution in [2.24, 2.45) is 0 Å². The summed E-state index contributed by atoms with van der Waals surface area (Å²) in [5, 5.41) is 9.78. The number of hydrogen-bond acceptors (Lipinski definition) is 4. The van der Waals surface area contributed by atoms with Crippen molar-refractivity contribution in [3.8, 4) is 0 Å². The number of thiophene rings is 1. The van der Waals surface area contributed by atoms with E-state index in [9.17, 15) is 5.11 Å². The van der Waals surface area contributed by atoms with E-state index in [0.717, 1.165) is 30.4 Å². The van der Waals surface area contributed by atoms with Crippen LogP contribution in [-0.2, 0) is 6.54 Å². The van der Waals surface area contributed by atoms with Gasteiger partial charge in [-0.05, 0) is 32.6 Å². The molecule has 0 saturated carbocycles. The molecule has 0 aliphatic carbocycles. The van der Waals surface area contributed by atoms with Crippen LogP contribution in [0.3, 0.4) is 0 Å². The van der Waals surface area contributed by atoms with Gasteiger partial charge in [0.05, 0.1) is 10.4 Å². The Kier molecular flexibility index (Phi) is 4.44. The molecule has 1 aliphatic heterocycles. The zero-order chi connectivity index (χ0) is 12.4. The van der Waals surface area contributed by atoms with Gasteiger partial charge in [0.2, 0.25) is 0 Å². The summed E-state index contributed by atoms with van der Waals surface area (Å²) in [6.07, 6.45) is 0.687. The summed E-state index contributed by atoms with van der Waals surface area (Å²) in [5.41, 5.74) is 0. The second-order valence-corrected chi connectivity index (χ2v) is 6.74. The minimum absolute atomic E-state index is 0.185. The Labute approximate surface area is 112 Å². The highest BCUT2D eigenvalue weighted by molar-refractivity contribution is 7.16. The molecule has 0 bridgehead atoms. The van der Waals surface area contributed by atoms with E-state index in [1.807, 2.05) is 6.07 Å². The lowest BCUT2D eigenvalue weighted by molar-refractivity contribution is 0.170. The standard InChI is InChI=1S/C12H19ClN2OS/c1-14(2)6-9-5-10(16)7-15(9)8-11-3-4-12(13)17-11/h3-4,9-10,16H,5-8H2,1-2H3. The smallest absolute Gasteiger partial charge is 0.0931 e. The molecular formula is C12H19ClN2OS. The third-order valence-corrected chi connectivity index (χ3v) is 4.29. The first-order valence-corrected chi connectivity index (χ1v) is 7.05. The highest BCUT2D eigenvalue weighted by atomic mass is 35.5. The van der Waals surface area contributed by atoms with Gasteiger partial charge >= 0.3 is 0 Å². The molecule has 1 fully saturated rings. The van der Waals surface area contributed by atoms with Crippen LogP contribution in [0.2, 0.25) is 4.34 Å². The molecule has 2 unspecified atom stereocenters. The Bertz CT molecular complexity index is 369. The van der Waals surface area contributed by atoms with Crippen molar-refractivity contribution in [3.63, 3.8) is 0 Å². The molecule has 5 heteroatoms. The number of likely N-dealkylation sites (tertiary alicyclic amines) is 1. The van der Waals surface area contributed by atoms with E-state index in [0.29, 0.717) is 6.04 Å². The number of aliphatic hydroxyl groups is 1. The summed E-state index contributed by atoms with van der Waals surface area (Å²) in [7, 11) is 4.15. The SMILES string of the molecule is CN(C)CC1CC(O)CN1Cc1ccc(Cl)s1. The Hall–Kier alpha value is -0.130. The first kappa shape index (κ1) is 13.3. The van der Waals surface area contributed by atoms with Crippen molar-refractivity contribution < 1.29 is 5.11 Å². The largest absolute Gasteiger partial charge is 0.392 e. The fraction of sp³-hybridized carbons (Fsp3) is 0.667. The number of likely N-dealkylation sites (N-methyl/N-ethyl adjacent to an activating group) is 1. The van der Waals surface area contributed by atoms with E-state index < -0.39 is 0 Å². The molecule has 1 N–H and O–H groups in total. The number of β-amino-alcohol motifs (C(OH)–C–C–N with tert-alkyl or cyclic N) is 1. The summed E-state index contributed by atoms with van der Waals surface area (Å²) < 4.78 is 0.837. The maximum atomic E-state index is 9.78. The molecule has 3 nitrogen and oxygen atoms in total. The van der Waals surface area contributed by atoms with Crippen molar-refractivity contribution in [2.75, 3.05) is 27.2 Å². The molecule has 2 heterocycles. The van der Waals surface area contributed by atoms with Crippen molar-refractivity contribution in [1.29, 1.82) is 0 Å². The molecule has 2 rings (SSSR count). The van der Waals surface area contributed by atoms with Gasteiger partial charge in [-0.2, -0.15) is 0 Å². The number of nitrogens with zero attached hydrogens (tertiary/aromatic N) is 2. The molecule has 0 radical (unpaired) electrons. The molecule has 1 saturated heterocycles. The molecule has 17 heavy (non-hydrogen) atoms. The second kappa shape index (κ2) is 5.67. The van der Waals surface area contributed by atoms with Crippen molar-refractivity contribution in [2.45, 2.75) is 25.1 Å². The number of aliphatic hydroxyl groups excluding tert-OH is 1. The number of halogens is 1. The molecule has 1 aliphatic rings. The summed E-state index contributed by atoms with van der Waals surface area (Å²) in [6, 6.07) is 4.46. The predicted octanol–water partition coefficient (Wildman–Crippen LogP) is 1.90. The van der Waals surface area contributed by atoms with Crippen molar-refractivity contribution >= 4 is 22.9 Å². The molecule has 1 aromatic heterocycles. The van der Waals surface area contributed by atoms with Crippen molar-refractivity contribution in [3.05, 3.63) is 21.3 Å². The normalized spacial score (nSPS) is 25.9. The van der Waals surface area contributed by atoms with E-state index in [1.165, 1.54) is 4.88 Å². The Morgan fingerprint density at radius 1 is 1.53 bits per heavy atom. The average molecular weight is 275 g/mol. The van der Waals surface area contributed by atoms with Gasteiger partial charge in [-0.3, -0.25) is 4.90 Å². The van der Waals surface area contributed by atoms with E-state index in [-0.39, 0.29) is 6.10 Å². The highest BCUT2D eigenvalue weighted by Crippen LogP contribution is 2.26. The average Bonchev–Trinajstić information content (AvgIpc) is 2.74. The van der Waals surface area contributed by atoms with Gasteiger partial charge < -0.3 is 10.0 Å². The summed E-state index contributed by atoms with van der Waals surface area (Å²) in [5.74, 6) is 0. The molecule has 0 spiro atoms. The lowest BCUT2D eigenvalue weighted by Crippen LogP contribution is -2.36. The van der Waals surface area contributed by atoms with E-state index in [4.69, 9.17) is 11.6 Å². The summed E-state index contributed by atoms with van der Waals surface area (Å²) in [4.78, 5) is 5.80. The Balaban J connectivity index is 1.98. The van der Waals surface area contributed by atoms with E-state index >= 15 is 0 Å². The fourth-order valence-electron chi connectivity index (χ4n) is 2.40. The molecule has 0 aromatic carbocycles. The third kappa shape index (κ3) is 3.66. The number of rotatable bonds is 4. The van der Waals surface area contributed by atoms with Gasteiger partial charge in [0.1, 0.15) is 0 Å². The van der Waals surface area contributed by atoms with Crippen LogP contribution in [0.5, 0.6) is 0 Å². The van der Waals surface area contributed by atoms with Crippen molar-refractivity contribution in [1.82, 2.24) is 9.80 Å². The predicted molar refractivity (Wildman–Crippen MR) is 72.7 cm³/mol. The van der Waals surface area contributed by atoms with E-state index in [2.05, 4.69) is 30.0 Å². The zero-order valence-electron chi connectivity index (χ0n) is 10.3. The minimum atomic E-state index is -0.185. The highest BCUT2D eigenvalue weighted by Gasteiger charge is 2.31. The summed E-state index contributed by atoms with van der Waals surface area (Å²) >= 11 is 7.56. The maximum Gasteiger partial charge on any atom is 0.0931 e. The van der Waals surface area contributed by atoms with E-state index in [1.54, 1.807) is 11.3 Å². The van der Waals surface area contributed by atoms with Gasteiger partial charge in [-0.1, -0.05) is 11.6 Å². The topological polar surface area (TPSA) is 26.7 Å². The molecular weight excluding hydrogens is 256 g/mol. The van der Waals surface area contributed by atoms with Crippen LogP contribution in [0.1, 0.15) is 11.3 Å². The lowest BCUT2D eigenvalue weighted by atomic mass is 10.2. The molecule has 2 atom stereocenters. The minimum Gasteiger partial charge on any atom is -0.392 e. The Morgan fingerprint density at radius 3 is 2.88 bits per heavy atom. The fourth-order valence-corrected chi connectivity index (χ4v) is 3.51. The maximum absolute atomic E-state index is 9.78. The van der Waals surface area contributed by atoms with Crippen LogP contribution in [0, 0.1) is 0 Å². The lowest BCUT2D eigenvalue weighted by Gasteiger charge is -2.26. The van der Waals surface area contributed by atoms with Gasteiger partial charge in [0.25, 0.3) is 0 Å². The molecule has 0 amide bonds. The molecule has 96 valence electrons. The van der Waals surface area contributed by atoms with Crippen LogP contribution in [-0.4, -0.2) is 54.2 Å². The van der Waals surface area contributed by atoms with Crippen LogP contribution < -0.4 is 0 Å². The molecule has 1 aromatic rings. The monoisotopic (exact) mass is 274 g/mol. The van der Waals surface area contributed by atoms with Gasteiger partial charge in [-0.25, -0.2) is 0 Å². The van der Waals surface area contributed by atoms with Crippen LogP contribution in [0.25, 0.3) is 0 Å². The second-order valence-electron chi connectivity index (χ2n) is 4.94. The van der Waals surface area contributed by atoms with Crippen LogP contribution in [0.4, 0.5) is 0 Å². The van der Waals surface area contributed by atoms with Gasteiger partial charge in [0.15, 0.2) is 0 Å².